The molecule has 1 unspecified atom stereocenters. The molecule has 1 aromatic carbocycles. The molecule has 0 saturated carbocycles. The summed E-state index contributed by atoms with van der Waals surface area (Å²) in [4.78, 5) is 24.1. The van der Waals surface area contributed by atoms with Crippen LogP contribution >= 0.6 is 11.6 Å². The van der Waals surface area contributed by atoms with Gasteiger partial charge in [-0.2, -0.15) is 0 Å². The number of aromatic nitrogens is 1. The van der Waals surface area contributed by atoms with E-state index in [4.69, 9.17) is 21.1 Å². The highest BCUT2D eigenvalue weighted by Gasteiger charge is 2.29. The maximum atomic E-state index is 12.8. The Labute approximate surface area is 187 Å². The third kappa shape index (κ3) is 4.43. The molecule has 2 saturated heterocycles. The molecule has 0 spiro atoms. The zero-order valence-electron chi connectivity index (χ0n) is 17.5. The van der Waals surface area contributed by atoms with Crippen molar-refractivity contribution in [2.75, 3.05) is 44.4 Å². The number of carbonyl (C=O) groups is 1. The summed E-state index contributed by atoms with van der Waals surface area (Å²) in [6.45, 7) is 5.42. The highest BCUT2D eigenvalue weighted by atomic mass is 35.5. The van der Waals surface area contributed by atoms with E-state index in [1.807, 2.05) is 29.3 Å². The molecule has 0 bridgehead atoms. The van der Waals surface area contributed by atoms with Crippen molar-refractivity contribution in [3.8, 4) is 11.5 Å². The van der Waals surface area contributed by atoms with Gasteiger partial charge in [0.2, 0.25) is 12.7 Å². The van der Waals surface area contributed by atoms with Crippen molar-refractivity contribution in [1.29, 1.82) is 0 Å². The second kappa shape index (κ2) is 8.93. The SMILES string of the molecule is O=C1CCC(N2CCN(c3ccccn3)CC2)CCN1Cc1cc2c(cc1Cl)OCO2. The second-order valence-corrected chi connectivity index (χ2v) is 8.71. The molecular weight excluding hydrogens is 416 g/mol. The van der Waals surface area contributed by atoms with Gasteiger partial charge in [-0.1, -0.05) is 17.7 Å². The Morgan fingerprint density at radius 3 is 2.61 bits per heavy atom. The van der Waals surface area contributed by atoms with Gasteiger partial charge in [0.15, 0.2) is 11.5 Å². The number of anilines is 1. The number of hydrogen-bond acceptors (Lipinski definition) is 6. The maximum Gasteiger partial charge on any atom is 0.231 e. The number of piperazine rings is 1. The maximum absolute atomic E-state index is 12.8. The number of hydrogen-bond donors (Lipinski definition) is 0. The lowest BCUT2D eigenvalue weighted by Gasteiger charge is -2.39. The van der Waals surface area contributed by atoms with Crippen LogP contribution in [0.3, 0.4) is 0 Å². The van der Waals surface area contributed by atoms with Crippen molar-refractivity contribution in [3.63, 3.8) is 0 Å². The summed E-state index contributed by atoms with van der Waals surface area (Å²) in [6, 6.07) is 10.2. The number of nitrogens with zero attached hydrogens (tertiary/aromatic N) is 4. The predicted molar refractivity (Wildman–Crippen MR) is 119 cm³/mol. The van der Waals surface area contributed by atoms with Gasteiger partial charge in [-0.3, -0.25) is 9.69 Å². The molecule has 0 radical (unpaired) electrons. The van der Waals surface area contributed by atoms with Crippen LogP contribution in [-0.2, 0) is 11.3 Å². The average Bonchev–Trinajstić information content (AvgIpc) is 3.17. The van der Waals surface area contributed by atoms with Gasteiger partial charge in [-0.05, 0) is 36.6 Å². The summed E-state index contributed by atoms with van der Waals surface area (Å²) in [7, 11) is 0. The lowest BCUT2D eigenvalue weighted by atomic mass is 10.1. The molecule has 0 N–H and O–H groups in total. The molecule has 3 aliphatic rings. The molecule has 0 aliphatic carbocycles. The van der Waals surface area contributed by atoms with E-state index in [0.717, 1.165) is 56.9 Å². The molecule has 5 rings (SSSR count). The lowest BCUT2D eigenvalue weighted by molar-refractivity contribution is -0.131. The fourth-order valence-electron chi connectivity index (χ4n) is 4.70. The van der Waals surface area contributed by atoms with Gasteiger partial charge in [0.05, 0.1) is 0 Å². The largest absolute Gasteiger partial charge is 0.454 e. The van der Waals surface area contributed by atoms with Crippen LogP contribution in [0.2, 0.25) is 5.02 Å². The van der Waals surface area contributed by atoms with E-state index in [-0.39, 0.29) is 12.7 Å². The van der Waals surface area contributed by atoms with Crippen LogP contribution in [0.4, 0.5) is 5.82 Å². The standard InChI is InChI=1S/C23H27ClN4O3/c24-19-14-21-20(30-16-31-21)13-17(19)15-28-8-6-18(4-5-23(28)29)26-9-11-27(12-10-26)22-3-1-2-7-25-22/h1-3,7,13-14,18H,4-6,8-12,15-16H2. The van der Waals surface area contributed by atoms with Gasteiger partial charge < -0.3 is 19.3 Å². The molecule has 7 nitrogen and oxygen atoms in total. The van der Waals surface area contributed by atoms with Crippen LogP contribution in [0, 0.1) is 0 Å². The Morgan fingerprint density at radius 2 is 1.84 bits per heavy atom. The van der Waals surface area contributed by atoms with E-state index in [0.29, 0.717) is 35.5 Å². The molecule has 4 heterocycles. The highest BCUT2D eigenvalue weighted by molar-refractivity contribution is 6.31. The molecule has 164 valence electrons. The van der Waals surface area contributed by atoms with Crippen molar-refractivity contribution in [2.45, 2.75) is 31.8 Å². The molecule has 1 atom stereocenters. The zero-order valence-corrected chi connectivity index (χ0v) is 18.3. The number of carbonyl (C=O) groups excluding carboxylic acids is 1. The minimum atomic E-state index is 0.198. The van der Waals surface area contributed by atoms with Crippen LogP contribution in [-0.4, -0.2) is 66.2 Å². The van der Waals surface area contributed by atoms with Crippen molar-refractivity contribution < 1.29 is 14.3 Å². The Bertz CT molecular complexity index is 934. The molecule has 1 aromatic heterocycles. The van der Waals surface area contributed by atoms with Crippen molar-refractivity contribution in [2.24, 2.45) is 0 Å². The van der Waals surface area contributed by atoms with E-state index >= 15 is 0 Å². The Balaban J connectivity index is 1.19. The van der Waals surface area contributed by atoms with Crippen LogP contribution in [0.5, 0.6) is 11.5 Å². The minimum absolute atomic E-state index is 0.198. The second-order valence-electron chi connectivity index (χ2n) is 8.30. The van der Waals surface area contributed by atoms with Crippen LogP contribution < -0.4 is 14.4 Å². The first-order valence-corrected chi connectivity index (χ1v) is 11.3. The van der Waals surface area contributed by atoms with Crippen LogP contribution in [0.15, 0.2) is 36.5 Å². The number of benzene rings is 1. The molecule has 3 aliphatic heterocycles. The molecular formula is C23H27ClN4O3. The first-order chi connectivity index (χ1) is 15.2. The Hall–Kier alpha value is -2.51. The highest BCUT2D eigenvalue weighted by Crippen LogP contribution is 2.37. The number of fused-ring (bicyclic) bond motifs is 1. The van der Waals surface area contributed by atoms with E-state index < -0.39 is 0 Å². The van der Waals surface area contributed by atoms with E-state index in [1.54, 1.807) is 6.07 Å². The third-order valence-electron chi connectivity index (χ3n) is 6.48. The number of rotatable bonds is 4. The van der Waals surface area contributed by atoms with Gasteiger partial charge in [-0.15, -0.1) is 0 Å². The number of pyridine rings is 1. The number of amides is 1. The van der Waals surface area contributed by atoms with Crippen LogP contribution in [0.25, 0.3) is 0 Å². The fourth-order valence-corrected chi connectivity index (χ4v) is 4.91. The van der Waals surface area contributed by atoms with Crippen molar-refractivity contribution in [3.05, 3.63) is 47.1 Å². The van der Waals surface area contributed by atoms with Crippen molar-refractivity contribution >= 4 is 23.3 Å². The fraction of sp³-hybridized carbons (Fsp3) is 0.478. The van der Waals surface area contributed by atoms with Gasteiger partial charge in [-0.25, -0.2) is 4.98 Å². The number of likely N-dealkylation sites (tertiary alicyclic amines) is 1. The van der Waals surface area contributed by atoms with Crippen molar-refractivity contribution in [1.82, 2.24) is 14.8 Å². The normalized spacial score (nSPS) is 22.0. The monoisotopic (exact) mass is 442 g/mol. The Morgan fingerprint density at radius 1 is 1.03 bits per heavy atom. The van der Waals surface area contributed by atoms with Gasteiger partial charge in [0.1, 0.15) is 5.82 Å². The summed E-state index contributed by atoms with van der Waals surface area (Å²) in [5.41, 5.74) is 0.904. The summed E-state index contributed by atoms with van der Waals surface area (Å²) >= 11 is 6.44. The quantitative estimate of drug-likeness (QED) is 0.725. The minimum Gasteiger partial charge on any atom is -0.454 e. The van der Waals surface area contributed by atoms with Crippen LogP contribution in [0.1, 0.15) is 24.8 Å². The molecule has 8 heteroatoms. The summed E-state index contributed by atoms with van der Waals surface area (Å²) < 4.78 is 10.9. The first-order valence-electron chi connectivity index (χ1n) is 10.9. The molecule has 2 fully saturated rings. The van der Waals surface area contributed by atoms with Gasteiger partial charge >= 0.3 is 0 Å². The number of ether oxygens (including phenoxy) is 2. The predicted octanol–water partition coefficient (Wildman–Crippen LogP) is 3.17. The van der Waals surface area contributed by atoms with E-state index in [1.165, 1.54) is 0 Å². The summed E-state index contributed by atoms with van der Waals surface area (Å²) in [5.74, 6) is 2.61. The van der Waals surface area contributed by atoms with E-state index in [2.05, 4.69) is 20.9 Å². The number of halogens is 1. The molecule has 31 heavy (non-hydrogen) atoms. The lowest BCUT2D eigenvalue weighted by Crippen LogP contribution is -2.50. The third-order valence-corrected chi connectivity index (χ3v) is 6.83. The summed E-state index contributed by atoms with van der Waals surface area (Å²) in [6.07, 6.45) is 4.32. The smallest absolute Gasteiger partial charge is 0.231 e. The molecule has 2 aromatic rings. The molecule has 1 amide bonds. The average molecular weight is 443 g/mol. The van der Waals surface area contributed by atoms with Gasteiger partial charge in [0, 0.05) is 69.0 Å². The Kier molecular flexibility index (Phi) is 5.87. The van der Waals surface area contributed by atoms with Gasteiger partial charge in [0.25, 0.3) is 0 Å². The van der Waals surface area contributed by atoms with E-state index in [9.17, 15) is 4.79 Å². The first kappa shape index (κ1) is 20.4. The summed E-state index contributed by atoms with van der Waals surface area (Å²) in [5, 5.41) is 0.614. The topological polar surface area (TPSA) is 58.1 Å². The zero-order chi connectivity index (χ0) is 21.2.